The van der Waals surface area contributed by atoms with Crippen LogP contribution in [0.15, 0.2) is 0 Å². The topological polar surface area (TPSA) is 104 Å². The Morgan fingerprint density at radius 1 is 1.57 bits per heavy atom. The van der Waals surface area contributed by atoms with E-state index in [0.717, 1.165) is 0 Å². The van der Waals surface area contributed by atoms with Crippen LogP contribution in [0.1, 0.15) is 0 Å². The molecule has 0 heterocycles. The number of nitrogens with zero attached hydrogens (tertiary/aromatic N) is 1. The first-order valence-corrected chi connectivity index (χ1v) is 3.16. The Kier molecular flexibility index (Phi) is 4.08. The van der Waals surface area contributed by atoms with Gasteiger partial charge in [-0.3, -0.25) is 15.5 Å². The van der Waals surface area contributed by atoms with Crippen molar-refractivity contribution in [1.29, 1.82) is 0 Å². The van der Waals surface area contributed by atoms with Gasteiger partial charge < -0.3 is 5.11 Å². The minimum Gasteiger partial charge on any atom is -0.464 e. The van der Waals surface area contributed by atoms with Gasteiger partial charge in [-0.1, -0.05) is 0 Å². The number of hydrogen-bond donors (Lipinski definition) is 3. The van der Waals surface area contributed by atoms with Crippen LogP contribution in [-0.2, 0) is 0 Å². The van der Waals surface area contributed by atoms with E-state index in [2.05, 4.69) is 0 Å². The highest BCUT2D eigenvalue weighted by molar-refractivity contribution is 5.63. The first-order chi connectivity index (χ1) is 6.23. The maximum atomic E-state index is 11.9. The van der Waals surface area contributed by atoms with Crippen molar-refractivity contribution in [1.82, 2.24) is 10.9 Å². The second-order valence-electron chi connectivity index (χ2n) is 2.18. The molecule has 0 spiro atoms. The fourth-order valence-corrected chi connectivity index (χ4v) is 0.529. The number of carbonyl (C=O) groups is 1. The number of alkyl halides is 3. The fourth-order valence-electron chi connectivity index (χ4n) is 0.529. The van der Waals surface area contributed by atoms with Gasteiger partial charge in [0.2, 0.25) is 6.54 Å². The highest BCUT2D eigenvalue weighted by Gasteiger charge is 2.43. The van der Waals surface area contributed by atoms with Crippen LogP contribution in [-0.4, -0.2) is 34.9 Å². The SMILES string of the molecule is O=C(O)NNC(C[N+](=O)[O-])C(F)(F)F. The summed E-state index contributed by atoms with van der Waals surface area (Å²) in [6.07, 6.45) is -6.65. The number of hydrogen-bond acceptors (Lipinski definition) is 4. The molecular formula is C4H6F3N3O4. The standard InChI is InChI=1S/C4H6F3N3O4/c5-4(6,7)2(1-10(13)14)8-9-3(11)12/h2,8-9H,1H2,(H,11,12). The number of nitrogens with one attached hydrogen (secondary N) is 2. The van der Waals surface area contributed by atoms with Crippen molar-refractivity contribution in [2.24, 2.45) is 0 Å². The number of carboxylic acid groups (broad SMARTS) is 1. The molecule has 0 aromatic rings. The lowest BCUT2D eigenvalue weighted by atomic mass is 10.3. The minimum absolute atomic E-state index is 1.20. The monoisotopic (exact) mass is 217 g/mol. The minimum atomic E-state index is -4.89. The van der Waals surface area contributed by atoms with Gasteiger partial charge in [0, 0.05) is 4.92 Å². The van der Waals surface area contributed by atoms with Crippen molar-refractivity contribution < 1.29 is 28.0 Å². The van der Waals surface area contributed by atoms with E-state index in [0.29, 0.717) is 0 Å². The Morgan fingerprint density at radius 3 is 2.36 bits per heavy atom. The molecule has 0 aromatic heterocycles. The van der Waals surface area contributed by atoms with Crippen LogP contribution in [0, 0.1) is 10.1 Å². The zero-order valence-electron chi connectivity index (χ0n) is 6.54. The van der Waals surface area contributed by atoms with Gasteiger partial charge in [-0.2, -0.15) is 13.2 Å². The summed E-state index contributed by atoms with van der Waals surface area (Å²) in [5.74, 6) is 0. The smallest absolute Gasteiger partial charge is 0.419 e. The van der Waals surface area contributed by atoms with Gasteiger partial charge in [0.05, 0.1) is 0 Å². The van der Waals surface area contributed by atoms with Gasteiger partial charge in [0.25, 0.3) is 0 Å². The quantitative estimate of drug-likeness (QED) is 0.453. The Labute approximate surface area is 75.0 Å². The molecule has 1 atom stereocenters. The molecule has 0 aliphatic rings. The van der Waals surface area contributed by atoms with Gasteiger partial charge in [0.15, 0.2) is 6.04 Å². The number of nitro groups is 1. The number of hydrazine groups is 1. The van der Waals surface area contributed by atoms with Crippen LogP contribution >= 0.6 is 0 Å². The summed E-state index contributed by atoms with van der Waals surface area (Å²) in [7, 11) is 0. The summed E-state index contributed by atoms with van der Waals surface area (Å²) in [6.45, 7) is -1.45. The molecule has 10 heteroatoms. The summed E-state index contributed by atoms with van der Waals surface area (Å²) in [5, 5.41) is 17.7. The lowest BCUT2D eigenvalue weighted by Crippen LogP contribution is -2.54. The van der Waals surface area contributed by atoms with Crippen LogP contribution < -0.4 is 10.9 Å². The first-order valence-electron chi connectivity index (χ1n) is 3.16. The van der Waals surface area contributed by atoms with E-state index in [1.807, 2.05) is 0 Å². The molecule has 0 fully saturated rings. The molecule has 3 N–H and O–H groups in total. The third-order valence-corrected chi connectivity index (χ3v) is 1.08. The second kappa shape index (κ2) is 4.60. The number of amides is 1. The van der Waals surface area contributed by atoms with E-state index in [-0.39, 0.29) is 0 Å². The number of rotatable bonds is 4. The average molecular weight is 217 g/mol. The molecule has 0 aliphatic carbocycles. The average Bonchev–Trinajstić information content (AvgIpc) is 1.94. The summed E-state index contributed by atoms with van der Waals surface area (Å²) >= 11 is 0. The summed E-state index contributed by atoms with van der Waals surface area (Å²) < 4.78 is 35.8. The van der Waals surface area contributed by atoms with E-state index in [4.69, 9.17) is 5.11 Å². The van der Waals surface area contributed by atoms with Crippen LogP contribution in [0.2, 0.25) is 0 Å². The lowest BCUT2D eigenvalue weighted by Gasteiger charge is -2.17. The van der Waals surface area contributed by atoms with Crippen LogP contribution in [0.4, 0.5) is 18.0 Å². The number of halogens is 3. The van der Waals surface area contributed by atoms with E-state index in [1.54, 1.807) is 0 Å². The summed E-state index contributed by atoms with van der Waals surface area (Å²) in [6, 6.07) is -2.55. The molecule has 7 nitrogen and oxygen atoms in total. The third kappa shape index (κ3) is 5.13. The predicted octanol–water partition coefficient (Wildman–Crippen LogP) is -0.0338. The van der Waals surface area contributed by atoms with Crippen molar-refractivity contribution in [3.63, 3.8) is 0 Å². The zero-order valence-corrected chi connectivity index (χ0v) is 6.54. The first kappa shape index (κ1) is 12.4. The third-order valence-electron chi connectivity index (χ3n) is 1.08. The molecule has 1 unspecified atom stereocenters. The molecular weight excluding hydrogens is 211 g/mol. The Hall–Kier alpha value is -1.58. The van der Waals surface area contributed by atoms with Crippen molar-refractivity contribution in [3.8, 4) is 0 Å². The zero-order chi connectivity index (χ0) is 11.4. The molecule has 0 rings (SSSR count). The Morgan fingerprint density at radius 2 is 2.07 bits per heavy atom. The largest absolute Gasteiger partial charge is 0.464 e. The molecule has 1 amide bonds. The molecule has 0 aliphatic heterocycles. The maximum Gasteiger partial charge on any atom is 0.419 e. The van der Waals surface area contributed by atoms with E-state index in [1.165, 1.54) is 10.9 Å². The summed E-state index contributed by atoms with van der Waals surface area (Å²) in [5.41, 5.74) is 2.47. The van der Waals surface area contributed by atoms with Crippen molar-refractivity contribution >= 4 is 6.09 Å². The molecule has 0 bridgehead atoms. The van der Waals surface area contributed by atoms with E-state index in [9.17, 15) is 28.1 Å². The van der Waals surface area contributed by atoms with Gasteiger partial charge >= 0.3 is 12.3 Å². The van der Waals surface area contributed by atoms with Crippen LogP contribution in [0.25, 0.3) is 0 Å². The summed E-state index contributed by atoms with van der Waals surface area (Å²) in [4.78, 5) is 18.4. The van der Waals surface area contributed by atoms with Gasteiger partial charge in [0.1, 0.15) is 0 Å². The van der Waals surface area contributed by atoms with Crippen molar-refractivity contribution in [2.75, 3.05) is 6.54 Å². The van der Waals surface area contributed by atoms with Gasteiger partial charge in [-0.25, -0.2) is 10.2 Å². The normalized spacial score (nSPS) is 13.4. The lowest BCUT2D eigenvalue weighted by molar-refractivity contribution is -0.491. The van der Waals surface area contributed by atoms with E-state index >= 15 is 0 Å². The Bertz CT molecular complexity index is 230. The van der Waals surface area contributed by atoms with Gasteiger partial charge in [-0.05, 0) is 0 Å². The Balaban J connectivity index is 4.26. The highest BCUT2D eigenvalue weighted by atomic mass is 19.4. The molecule has 0 aromatic carbocycles. The molecule has 14 heavy (non-hydrogen) atoms. The van der Waals surface area contributed by atoms with Crippen LogP contribution in [0.5, 0.6) is 0 Å². The maximum absolute atomic E-state index is 11.9. The predicted molar refractivity (Wildman–Crippen MR) is 36.0 cm³/mol. The molecule has 0 saturated carbocycles. The van der Waals surface area contributed by atoms with E-state index < -0.39 is 29.8 Å². The molecule has 0 saturated heterocycles. The fraction of sp³-hybridized carbons (Fsp3) is 0.750. The molecule has 0 radical (unpaired) electrons. The molecule has 82 valence electrons. The van der Waals surface area contributed by atoms with Crippen molar-refractivity contribution in [3.05, 3.63) is 10.1 Å². The second-order valence-corrected chi connectivity index (χ2v) is 2.18. The van der Waals surface area contributed by atoms with Gasteiger partial charge in [-0.15, -0.1) is 0 Å². The van der Waals surface area contributed by atoms with Crippen LogP contribution in [0.3, 0.4) is 0 Å². The van der Waals surface area contributed by atoms with Crippen molar-refractivity contribution in [2.45, 2.75) is 12.2 Å². The highest BCUT2D eigenvalue weighted by Crippen LogP contribution is 2.19.